The molecule has 0 bridgehead atoms. The maximum atomic E-state index is 6.06. The van der Waals surface area contributed by atoms with Crippen LogP contribution in [-0.4, -0.2) is 4.98 Å². The SMILES string of the molecule is CCc1c(Cl)ccc2cccnc12. The van der Waals surface area contributed by atoms with Crippen molar-refractivity contribution in [1.29, 1.82) is 0 Å². The Balaban J connectivity index is 2.84. The van der Waals surface area contributed by atoms with E-state index in [9.17, 15) is 0 Å². The van der Waals surface area contributed by atoms with Crippen molar-refractivity contribution in [2.75, 3.05) is 0 Å². The summed E-state index contributed by atoms with van der Waals surface area (Å²) in [7, 11) is 0. The van der Waals surface area contributed by atoms with Crippen LogP contribution in [0.5, 0.6) is 0 Å². The summed E-state index contributed by atoms with van der Waals surface area (Å²) in [5.41, 5.74) is 2.16. The van der Waals surface area contributed by atoms with Crippen LogP contribution in [0.4, 0.5) is 0 Å². The van der Waals surface area contributed by atoms with E-state index in [0.29, 0.717) is 0 Å². The largest absolute Gasteiger partial charge is 0.256 e. The Kier molecular flexibility index (Phi) is 2.19. The number of hydrogen-bond acceptors (Lipinski definition) is 1. The molecule has 13 heavy (non-hydrogen) atoms. The number of nitrogens with zero attached hydrogens (tertiary/aromatic N) is 1. The summed E-state index contributed by atoms with van der Waals surface area (Å²) in [4.78, 5) is 4.33. The summed E-state index contributed by atoms with van der Waals surface area (Å²) in [5, 5.41) is 1.97. The minimum absolute atomic E-state index is 0.814. The Morgan fingerprint density at radius 1 is 1.31 bits per heavy atom. The second kappa shape index (κ2) is 3.35. The topological polar surface area (TPSA) is 12.9 Å². The summed E-state index contributed by atoms with van der Waals surface area (Å²) < 4.78 is 0. The van der Waals surface area contributed by atoms with E-state index in [1.54, 1.807) is 6.20 Å². The van der Waals surface area contributed by atoms with Crippen molar-refractivity contribution in [3.8, 4) is 0 Å². The van der Waals surface area contributed by atoms with Gasteiger partial charge in [-0.15, -0.1) is 0 Å². The van der Waals surface area contributed by atoms with Crippen LogP contribution < -0.4 is 0 Å². The number of aromatic nitrogens is 1. The van der Waals surface area contributed by atoms with E-state index in [1.165, 1.54) is 0 Å². The number of halogens is 1. The van der Waals surface area contributed by atoms with Gasteiger partial charge in [0.1, 0.15) is 0 Å². The standard InChI is InChI=1S/C11H10ClN/c1-2-9-10(12)6-5-8-4-3-7-13-11(8)9/h3-7H,2H2,1H3. The second-order valence-corrected chi connectivity index (χ2v) is 3.36. The second-order valence-electron chi connectivity index (χ2n) is 2.95. The molecule has 0 aliphatic carbocycles. The third kappa shape index (κ3) is 1.40. The minimum atomic E-state index is 0.814. The lowest BCUT2D eigenvalue weighted by atomic mass is 10.1. The van der Waals surface area contributed by atoms with Gasteiger partial charge >= 0.3 is 0 Å². The van der Waals surface area contributed by atoms with E-state index in [1.807, 2.05) is 18.2 Å². The van der Waals surface area contributed by atoms with Crippen molar-refractivity contribution in [2.45, 2.75) is 13.3 Å². The Morgan fingerprint density at radius 3 is 2.92 bits per heavy atom. The maximum Gasteiger partial charge on any atom is 0.0748 e. The van der Waals surface area contributed by atoms with Gasteiger partial charge in [0.2, 0.25) is 0 Å². The fourth-order valence-corrected chi connectivity index (χ4v) is 1.80. The Morgan fingerprint density at radius 2 is 2.15 bits per heavy atom. The summed E-state index contributed by atoms with van der Waals surface area (Å²) in [6, 6.07) is 7.93. The molecule has 2 rings (SSSR count). The number of hydrogen-bond donors (Lipinski definition) is 0. The van der Waals surface area contributed by atoms with E-state index in [0.717, 1.165) is 27.9 Å². The molecule has 1 aromatic heterocycles. The quantitative estimate of drug-likeness (QED) is 0.673. The lowest BCUT2D eigenvalue weighted by Gasteiger charge is -2.04. The van der Waals surface area contributed by atoms with Crippen molar-refractivity contribution >= 4 is 22.5 Å². The van der Waals surface area contributed by atoms with Crippen LogP contribution in [0.1, 0.15) is 12.5 Å². The first kappa shape index (κ1) is 8.52. The van der Waals surface area contributed by atoms with Crippen LogP contribution >= 0.6 is 11.6 Å². The first-order valence-electron chi connectivity index (χ1n) is 4.35. The minimum Gasteiger partial charge on any atom is -0.256 e. The molecule has 1 heterocycles. The van der Waals surface area contributed by atoms with Crippen LogP contribution in [0.15, 0.2) is 30.5 Å². The van der Waals surface area contributed by atoms with Gasteiger partial charge in [-0.1, -0.05) is 30.7 Å². The van der Waals surface area contributed by atoms with Crippen molar-refractivity contribution in [1.82, 2.24) is 4.98 Å². The van der Waals surface area contributed by atoms with E-state index < -0.39 is 0 Å². The highest BCUT2D eigenvalue weighted by molar-refractivity contribution is 6.32. The van der Waals surface area contributed by atoms with Gasteiger partial charge in [0, 0.05) is 16.6 Å². The van der Waals surface area contributed by atoms with E-state index in [4.69, 9.17) is 11.6 Å². The van der Waals surface area contributed by atoms with Gasteiger partial charge in [-0.25, -0.2) is 0 Å². The highest BCUT2D eigenvalue weighted by Crippen LogP contribution is 2.24. The third-order valence-corrected chi connectivity index (χ3v) is 2.53. The predicted molar refractivity (Wildman–Crippen MR) is 56.1 cm³/mol. The molecule has 0 unspecified atom stereocenters. The molecule has 66 valence electrons. The molecular formula is C11H10ClN. The lowest BCUT2D eigenvalue weighted by molar-refractivity contribution is 1.14. The van der Waals surface area contributed by atoms with Crippen LogP contribution in [0.3, 0.4) is 0 Å². The first-order valence-corrected chi connectivity index (χ1v) is 4.73. The van der Waals surface area contributed by atoms with Gasteiger partial charge in [-0.3, -0.25) is 4.98 Å². The van der Waals surface area contributed by atoms with Crippen LogP contribution in [-0.2, 0) is 6.42 Å². The summed E-state index contributed by atoms with van der Waals surface area (Å²) in [6.07, 6.45) is 2.73. The average Bonchev–Trinajstić information content (AvgIpc) is 2.18. The maximum absolute atomic E-state index is 6.06. The third-order valence-electron chi connectivity index (χ3n) is 2.18. The number of rotatable bonds is 1. The molecule has 0 saturated heterocycles. The summed E-state index contributed by atoms with van der Waals surface area (Å²) in [6.45, 7) is 2.09. The Bertz CT molecular complexity index is 437. The molecule has 0 aliphatic heterocycles. The fraction of sp³-hybridized carbons (Fsp3) is 0.182. The van der Waals surface area contributed by atoms with Crippen LogP contribution in [0.25, 0.3) is 10.9 Å². The fourth-order valence-electron chi connectivity index (χ4n) is 1.52. The van der Waals surface area contributed by atoms with Gasteiger partial charge in [-0.2, -0.15) is 0 Å². The highest BCUT2D eigenvalue weighted by atomic mass is 35.5. The molecule has 0 N–H and O–H groups in total. The summed E-state index contributed by atoms with van der Waals surface area (Å²) >= 11 is 6.06. The number of pyridine rings is 1. The molecule has 2 heteroatoms. The molecule has 0 atom stereocenters. The normalized spacial score (nSPS) is 10.6. The Labute approximate surface area is 82.4 Å². The molecule has 1 aromatic carbocycles. The number of aryl methyl sites for hydroxylation is 1. The molecule has 0 saturated carbocycles. The van der Waals surface area contributed by atoms with Crippen LogP contribution in [0, 0.1) is 0 Å². The number of benzene rings is 1. The smallest absolute Gasteiger partial charge is 0.0748 e. The zero-order valence-electron chi connectivity index (χ0n) is 7.42. The summed E-state index contributed by atoms with van der Waals surface area (Å²) in [5.74, 6) is 0. The van der Waals surface area contributed by atoms with E-state index in [2.05, 4.69) is 18.0 Å². The van der Waals surface area contributed by atoms with Crippen molar-refractivity contribution in [2.24, 2.45) is 0 Å². The number of fused-ring (bicyclic) bond motifs is 1. The zero-order chi connectivity index (χ0) is 9.26. The van der Waals surface area contributed by atoms with Gasteiger partial charge in [0.15, 0.2) is 0 Å². The molecule has 0 amide bonds. The van der Waals surface area contributed by atoms with Crippen molar-refractivity contribution in [3.63, 3.8) is 0 Å². The predicted octanol–water partition coefficient (Wildman–Crippen LogP) is 3.45. The molecule has 0 spiro atoms. The molecular weight excluding hydrogens is 182 g/mol. The molecule has 0 fully saturated rings. The zero-order valence-corrected chi connectivity index (χ0v) is 8.17. The molecule has 1 nitrogen and oxygen atoms in total. The van der Waals surface area contributed by atoms with E-state index >= 15 is 0 Å². The molecule has 0 aliphatic rings. The van der Waals surface area contributed by atoms with E-state index in [-0.39, 0.29) is 0 Å². The van der Waals surface area contributed by atoms with Crippen LogP contribution in [0.2, 0.25) is 5.02 Å². The first-order chi connectivity index (χ1) is 6.33. The average molecular weight is 192 g/mol. The molecule has 2 aromatic rings. The van der Waals surface area contributed by atoms with Gasteiger partial charge in [0.05, 0.1) is 5.52 Å². The van der Waals surface area contributed by atoms with Gasteiger partial charge < -0.3 is 0 Å². The van der Waals surface area contributed by atoms with Gasteiger partial charge in [-0.05, 0) is 24.1 Å². The lowest BCUT2D eigenvalue weighted by Crippen LogP contribution is -1.87. The van der Waals surface area contributed by atoms with Gasteiger partial charge in [0.25, 0.3) is 0 Å². The molecule has 0 radical (unpaired) electrons. The highest BCUT2D eigenvalue weighted by Gasteiger charge is 2.03. The van der Waals surface area contributed by atoms with Crippen molar-refractivity contribution in [3.05, 3.63) is 41.0 Å². The monoisotopic (exact) mass is 191 g/mol. The Hall–Kier alpha value is -1.08. The van der Waals surface area contributed by atoms with Crippen molar-refractivity contribution < 1.29 is 0 Å².